The number of fused-ring (bicyclic) bond motifs is 1. The third-order valence-electron chi connectivity index (χ3n) is 5.43. The molecule has 1 saturated heterocycles. The van der Waals surface area contributed by atoms with Crippen LogP contribution in [0.25, 0.3) is 0 Å². The SMILES string of the molecule is O=C(Nc1nc2c(s1)CCCCC2)C1CCN(C(=O)C2CC2)CC1. The maximum Gasteiger partial charge on any atom is 0.229 e. The van der Waals surface area contributed by atoms with Crippen molar-refractivity contribution < 1.29 is 9.59 Å². The van der Waals surface area contributed by atoms with Gasteiger partial charge in [0.05, 0.1) is 5.69 Å². The fourth-order valence-electron chi connectivity index (χ4n) is 3.74. The molecule has 6 heteroatoms. The molecular weight excluding hydrogens is 322 g/mol. The molecule has 5 nitrogen and oxygen atoms in total. The van der Waals surface area contributed by atoms with Gasteiger partial charge in [-0.25, -0.2) is 4.98 Å². The second-order valence-electron chi connectivity index (χ2n) is 7.31. The first-order chi connectivity index (χ1) is 11.7. The molecular formula is C18H25N3O2S. The number of rotatable bonds is 3. The lowest BCUT2D eigenvalue weighted by molar-refractivity contribution is -0.135. The minimum absolute atomic E-state index is 0.0111. The molecule has 2 heterocycles. The molecule has 4 rings (SSSR count). The Morgan fingerprint density at radius 3 is 2.50 bits per heavy atom. The minimum Gasteiger partial charge on any atom is -0.342 e. The van der Waals surface area contributed by atoms with E-state index in [-0.39, 0.29) is 17.7 Å². The number of aryl methyl sites for hydroxylation is 2. The summed E-state index contributed by atoms with van der Waals surface area (Å²) in [5.41, 5.74) is 1.19. The van der Waals surface area contributed by atoms with Crippen molar-refractivity contribution in [2.75, 3.05) is 18.4 Å². The van der Waals surface area contributed by atoms with Crippen molar-refractivity contribution in [3.05, 3.63) is 10.6 Å². The number of hydrogen-bond donors (Lipinski definition) is 1. The highest BCUT2D eigenvalue weighted by atomic mass is 32.1. The molecule has 1 N–H and O–H groups in total. The summed E-state index contributed by atoms with van der Waals surface area (Å²) in [6.45, 7) is 1.45. The Labute approximate surface area is 146 Å². The van der Waals surface area contributed by atoms with Crippen LogP contribution in [0.3, 0.4) is 0 Å². The fourth-order valence-corrected chi connectivity index (χ4v) is 4.79. The molecule has 0 bridgehead atoms. The Morgan fingerprint density at radius 2 is 1.75 bits per heavy atom. The molecule has 1 aromatic rings. The van der Waals surface area contributed by atoms with Crippen molar-refractivity contribution in [2.45, 2.75) is 57.8 Å². The van der Waals surface area contributed by atoms with E-state index < -0.39 is 0 Å². The molecule has 1 aromatic heterocycles. The van der Waals surface area contributed by atoms with Crippen molar-refractivity contribution in [3.8, 4) is 0 Å². The van der Waals surface area contributed by atoms with Gasteiger partial charge in [0, 0.05) is 29.8 Å². The van der Waals surface area contributed by atoms with Gasteiger partial charge in [-0.05, 0) is 51.4 Å². The number of hydrogen-bond acceptors (Lipinski definition) is 4. The second-order valence-corrected chi connectivity index (χ2v) is 8.40. The topological polar surface area (TPSA) is 62.3 Å². The molecule has 0 spiro atoms. The Morgan fingerprint density at radius 1 is 1.00 bits per heavy atom. The number of nitrogens with one attached hydrogen (secondary N) is 1. The zero-order valence-electron chi connectivity index (χ0n) is 14.1. The number of amides is 2. The highest BCUT2D eigenvalue weighted by Crippen LogP contribution is 2.33. The first-order valence-electron chi connectivity index (χ1n) is 9.29. The Hall–Kier alpha value is -1.43. The van der Waals surface area contributed by atoms with Gasteiger partial charge in [-0.15, -0.1) is 11.3 Å². The summed E-state index contributed by atoms with van der Waals surface area (Å²) in [5.74, 6) is 0.674. The molecule has 24 heavy (non-hydrogen) atoms. The van der Waals surface area contributed by atoms with Gasteiger partial charge in [-0.1, -0.05) is 6.42 Å². The van der Waals surface area contributed by atoms with E-state index in [0.29, 0.717) is 5.91 Å². The molecule has 0 radical (unpaired) electrons. The largest absolute Gasteiger partial charge is 0.342 e. The lowest BCUT2D eigenvalue weighted by Crippen LogP contribution is -2.42. The molecule has 2 aliphatic carbocycles. The number of piperidine rings is 1. The summed E-state index contributed by atoms with van der Waals surface area (Å²) in [7, 11) is 0. The molecule has 2 amide bonds. The molecule has 3 aliphatic rings. The third kappa shape index (κ3) is 3.48. The van der Waals surface area contributed by atoms with E-state index in [1.165, 1.54) is 29.8 Å². The highest BCUT2D eigenvalue weighted by molar-refractivity contribution is 7.15. The zero-order valence-corrected chi connectivity index (χ0v) is 14.9. The van der Waals surface area contributed by atoms with E-state index in [2.05, 4.69) is 10.3 Å². The summed E-state index contributed by atoms with van der Waals surface area (Å²) in [5, 5.41) is 3.80. The number of likely N-dealkylation sites (tertiary alicyclic amines) is 1. The van der Waals surface area contributed by atoms with Gasteiger partial charge in [0.1, 0.15) is 0 Å². The van der Waals surface area contributed by atoms with Crippen LogP contribution < -0.4 is 5.32 Å². The summed E-state index contributed by atoms with van der Waals surface area (Å²) >= 11 is 1.65. The number of carbonyl (C=O) groups is 2. The van der Waals surface area contributed by atoms with Crippen LogP contribution in [0, 0.1) is 11.8 Å². The molecule has 0 unspecified atom stereocenters. The van der Waals surface area contributed by atoms with Crippen molar-refractivity contribution in [3.63, 3.8) is 0 Å². The standard InChI is InChI=1S/C18H25N3O2S/c22-16(12-8-10-21(11-9-12)17(23)13-6-7-13)20-18-19-14-4-2-1-3-5-15(14)24-18/h12-13H,1-11H2,(H,19,20,22). The van der Waals surface area contributed by atoms with Crippen LogP contribution in [0.2, 0.25) is 0 Å². The van der Waals surface area contributed by atoms with E-state index in [4.69, 9.17) is 0 Å². The number of anilines is 1. The van der Waals surface area contributed by atoms with Gasteiger partial charge in [0.2, 0.25) is 11.8 Å². The fraction of sp³-hybridized carbons (Fsp3) is 0.722. The van der Waals surface area contributed by atoms with E-state index in [9.17, 15) is 9.59 Å². The van der Waals surface area contributed by atoms with E-state index in [1.807, 2.05) is 4.90 Å². The normalized spacial score (nSPS) is 21.9. The predicted octanol–water partition coefficient (Wildman–Crippen LogP) is 3.00. The number of aromatic nitrogens is 1. The van der Waals surface area contributed by atoms with Gasteiger partial charge in [-0.2, -0.15) is 0 Å². The Kier molecular flexibility index (Phi) is 4.57. The smallest absolute Gasteiger partial charge is 0.229 e. The lowest BCUT2D eigenvalue weighted by Gasteiger charge is -2.31. The van der Waals surface area contributed by atoms with Crippen LogP contribution in [0.15, 0.2) is 0 Å². The second kappa shape index (κ2) is 6.82. The maximum absolute atomic E-state index is 12.5. The number of nitrogens with zero attached hydrogens (tertiary/aromatic N) is 2. The number of thiazole rings is 1. The van der Waals surface area contributed by atoms with Crippen molar-refractivity contribution in [2.24, 2.45) is 11.8 Å². The average Bonchev–Trinajstić information content (AvgIpc) is 3.40. The van der Waals surface area contributed by atoms with Crippen LogP contribution >= 0.6 is 11.3 Å². The van der Waals surface area contributed by atoms with Crippen LogP contribution in [-0.2, 0) is 22.4 Å². The van der Waals surface area contributed by atoms with Crippen LogP contribution in [0.1, 0.15) is 55.5 Å². The first kappa shape index (κ1) is 16.1. The summed E-state index contributed by atoms with van der Waals surface area (Å²) in [6.07, 6.45) is 9.51. The summed E-state index contributed by atoms with van der Waals surface area (Å²) in [6, 6.07) is 0. The van der Waals surface area contributed by atoms with Gasteiger partial charge in [0.15, 0.2) is 5.13 Å². The monoisotopic (exact) mass is 347 g/mol. The summed E-state index contributed by atoms with van der Waals surface area (Å²) in [4.78, 5) is 32.6. The highest BCUT2D eigenvalue weighted by Gasteiger charge is 2.36. The molecule has 1 aliphatic heterocycles. The van der Waals surface area contributed by atoms with Gasteiger partial charge >= 0.3 is 0 Å². The van der Waals surface area contributed by atoms with E-state index in [1.54, 1.807) is 11.3 Å². The number of carbonyl (C=O) groups excluding carboxylic acids is 2. The van der Waals surface area contributed by atoms with Crippen LogP contribution in [0.5, 0.6) is 0 Å². The first-order valence-corrected chi connectivity index (χ1v) is 10.1. The predicted molar refractivity (Wildman–Crippen MR) is 94.0 cm³/mol. The van der Waals surface area contributed by atoms with Gasteiger partial charge in [0.25, 0.3) is 0 Å². The molecule has 130 valence electrons. The quantitative estimate of drug-likeness (QED) is 0.855. The van der Waals surface area contributed by atoms with Crippen molar-refractivity contribution >= 4 is 28.3 Å². The Balaban J connectivity index is 1.31. The molecule has 0 atom stereocenters. The van der Waals surface area contributed by atoms with Gasteiger partial charge < -0.3 is 10.2 Å². The zero-order chi connectivity index (χ0) is 16.5. The summed E-state index contributed by atoms with van der Waals surface area (Å²) < 4.78 is 0. The van der Waals surface area contributed by atoms with Crippen molar-refractivity contribution in [1.82, 2.24) is 9.88 Å². The average molecular weight is 347 g/mol. The lowest BCUT2D eigenvalue weighted by atomic mass is 9.95. The van der Waals surface area contributed by atoms with E-state index in [0.717, 1.165) is 56.7 Å². The van der Waals surface area contributed by atoms with Crippen LogP contribution in [0.4, 0.5) is 5.13 Å². The van der Waals surface area contributed by atoms with Crippen LogP contribution in [-0.4, -0.2) is 34.8 Å². The minimum atomic E-state index is 0.0111. The van der Waals surface area contributed by atoms with Crippen molar-refractivity contribution in [1.29, 1.82) is 0 Å². The van der Waals surface area contributed by atoms with E-state index >= 15 is 0 Å². The molecule has 0 aromatic carbocycles. The third-order valence-corrected chi connectivity index (χ3v) is 6.50. The van der Waals surface area contributed by atoms with Gasteiger partial charge in [-0.3, -0.25) is 9.59 Å². The maximum atomic E-state index is 12.5. The molecule has 1 saturated carbocycles. The Bertz CT molecular complexity index is 607. The molecule has 2 fully saturated rings.